The predicted octanol–water partition coefficient (Wildman–Crippen LogP) is 4.07. The predicted molar refractivity (Wildman–Crippen MR) is 93.7 cm³/mol. The lowest BCUT2D eigenvalue weighted by Crippen LogP contribution is -2.30. The van der Waals surface area contributed by atoms with Gasteiger partial charge in [0.25, 0.3) is 0 Å². The van der Waals surface area contributed by atoms with Crippen LogP contribution in [-0.4, -0.2) is 25.1 Å². The first kappa shape index (κ1) is 17.3. The van der Waals surface area contributed by atoms with Crippen LogP contribution in [-0.2, 0) is 9.53 Å². The largest absolute Gasteiger partial charge is 0.468 e. The summed E-state index contributed by atoms with van der Waals surface area (Å²) in [6.07, 6.45) is 1.90. The molecule has 0 radical (unpaired) electrons. The Kier molecular flexibility index (Phi) is 5.99. The molecule has 0 amide bonds. The molecule has 0 aromatic heterocycles. The SMILES string of the molecule is COC(=O)C(C(=O)c1ccc(C)cc1)C(SC)c1ccccc1. The second-order valence-corrected chi connectivity index (χ2v) is 6.28. The highest BCUT2D eigenvalue weighted by atomic mass is 32.2. The highest BCUT2D eigenvalue weighted by Gasteiger charge is 2.36. The molecular formula is C19H20O3S. The van der Waals surface area contributed by atoms with Crippen molar-refractivity contribution in [3.63, 3.8) is 0 Å². The average molecular weight is 328 g/mol. The van der Waals surface area contributed by atoms with E-state index in [1.54, 1.807) is 12.1 Å². The summed E-state index contributed by atoms with van der Waals surface area (Å²) in [6.45, 7) is 1.96. The quantitative estimate of drug-likeness (QED) is 0.455. The molecule has 0 saturated heterocycles. The minimum atomic E-state index is -0.861. The first-order valence-electron chi connectivity index (χ1n) is 7.35. The van der Waals surface area contributed by atoms with E-state index in [0.717, 1.165) is 11.1 Å². The second kappa shape index (κ2) is 7.97. The first-order chi connectivity index (χ1) is 11.1. The van der Waals surface area contributed by atoms with Crippen LogP contribution < -0.4 is 0 Å². The van der Waals surface area contributed by atoms with E-state index in [1.165, 1.54) is 18.9 Å². The van der Waals surface area contributed by atoms with Crippen LogP contribution in [0.15, 0.2) is 54.6 Å². The molecule has 2 atom stereocenters. The lowest BCUT2D eigenvalue weighted by Gasteiger charge is -2.23. The maximum atomic E-state index is 12.9. The topological polar surface area (TPSA) is 43.4 Å². The van der Waals surface area contributed by atoms with Gasteiger partial charge < -0.3 is 4.74 Å². The Balaban J connectivity index is 2.41. The van der Waals surface area contributed by atoms with Gasteiger partial charge in [-0.2, -0.15) is 11.8 Å². The molecule has 0 aliphatic carbocycles. The van der Waals surface area contributed by atoms with Gasteiger partial charge in [-0.05, 0) is 18.7 Å². The van der Waals surface area contributed by atoms with E-state index in [4.69, 9.17) is 4.74 Å². The Morgan fingerprint density at radius 3 is 2.13 bits per heavy atom. The fourth-order valence-electron chi connectivity index (χ4n) is 2.50. The molecule has 0 fully saturated rings. The monoisotopic (exact) mass is 328 g/mol. The smallest absolute Gasteiger partial charge is 0.318 e. The van der Waals surface area contributed by atoms with E-state index >= 15 is 0 Å². The van der Waals surface area contributed by atoms with E-state index in [-0.39, 0.29) is 11.0 Å². The molecule has 3 nitrogen and oxygen atoms in total. The summed E-state index contributed by atoms with van der Waals surface area (Å²) in [6, 6.07) is 16.9. The molecule has 2 unspecified atom stereocenters. The van der Waals surface area contributed by atoms with E-state index in [1.807, 2.05) is 55.6 Å². The number of benzene rings is 2. The van der Waals surface area contributed by atoms with Crippen molar-refractivity contribution in [2.75, 3.05) is 13.4 Å². The highest BCUT2D eigenvalue weighted by molar-refractivity contribution is 7.98. The molecule has 0 bridgehead atoms. The minimum absolute atomic E-state index is 0.208. The van der Waals surface area contributed by atoms with E-state index in [9.17, 15) is 9.59 Å². The Morgan fingerprint density at radius 1 is 1.00 bits per heavy atom. The van der Waals surface area contributed by atoms with Crippen molar-refractivity contribution in [2.24, 2.45) is 5.92 Å². The van der Waals surface area contributed by atoms with Crippen molar-refractivity contribution in [3.05, 3.63) is 71.3 Å². The van der Waals surface area contributed by atoms with Crippen molar-refractivity contribution in [1.82, 2.24) is 0 Å². The number of hydrogen-bond donors (Lipinski definition) is 0. The van der Waals surface area contributed by atoms with Gasteiger partial charge in [0.15, 0.2) is 5.78 Å². The average Bonchev–Trinajstić information content (AvgIpc) is 2.59. The van der Waals surface area contributed by atoms with Crippen molar-refractivity contribution in [1.29, 1.82) is 0 Å². The van der Waals surface area contributed by atoms with Gasteiger partial charge in [0.05, 0.1) is 12.4 Å². The molecule has 0 spiro atoms. The summed E-state index contributed by atoms with van der Waals surface area (Å²) in [7, 11) is 1.32. The number of Topliss-reactive ketones (excluding diaryl/α,β-unsaturated/α-hetero) is 1. The molecule has 4 heteroatoms. The van der Waals surface area contributed by atoms with Gasteiger partial charge in [-0.1, -0.05) is 60.2 Å². The van der Waals surface area contributed by atoms with Gasteiger partial charge in [0, 0.05) is 5.56 Å². The van der Waals surface area contributed by atoms with Crippen LogP contribution in [0.2, 0.25) is 0 Å². The van der Waals surface area contributed by atoms with Crippen LogP contribution >= 0.6 is 11.8 Å². The molecule has 0 aliphatic rings. The van der Waals surface area contributed by atoms with Crippen LogP contribution in [0.4, 0.5) is 0 Å². The standard InChI is InChI=1S/C19H20O3S/c1-13-9-11-14(12-10-13)17(20)16(19(21)22-2)18(23-3)15-7-5-4-6-8-15/h4-12,16,18H,1-3H3. The maximum Gasteiger partial charge on any atom is 0.318 e. The van der Waals surface area contributed by atoms with Crippen LogP contribution in [0.5, 0.6) is 0 Å². The van der Waals surface area contributed by atoms with E-state index in [0.29, 0.717) is 5.56 Å². The maximum absolute atomic E-state index is 12.9. The molecule has 2 rings (SSSR count). The fourth-order valence-corrected chi connectivity index (χ4v) is 3.44. The first-order valence-corrected chi connectivity index (χ1v) is 8.63. The lowest BCUT2D eigenvalue weighted by atomic mass is 9.90. The lowest BCUT2D eigenvalue weighted by molar-refractivity contribution is -0.143. The Hall–Kier alpha value is -2.07. The minimum Gasteiger partial charge on any atom is -0.468 e. The van der Waals surface area contributed by atoms with Crippen molar-refractivity contribution in [3.8, 4) is 0 Å². The number of methoxy groups -OCH3 is 1. The molecule has 0 heterocycles. The van der Waals surface area contributed by atoms with Crippen molar-refractivity contribution >= 4 is 23.5 Å². The van der Waals surface area contributed by atoms with Crippen molar-refractivity contribution in [2.45, 2.75) is 12.2 Å². The molecule has 120 valence electrons. The van der Waals surface area contributed by atoms with E-state index in [2.05, 4.69) is 0 Å². The van der Waals surface area contributed by atoms with Crippen LogP contribution in [0.3, 0.4) is 0 Å². The summed E-state index contributed by atoms with van der Waals surface area (Å²) >= 11 is 1.48. The van der Waals surface area contributed by atoms with Gasteiger partial charge in [-0.15, -0.1) is 0 Å². The number of carbonyl (C=O) groups is 2. The summed E-state index contributed by atoms with van der Waals surface area (Å²) in [5, 5.41) is -0.280. The third kappa shape index (κ3) is 4.02. The zero-order valence-electron chi connectivity index (χ0n) is 13.5. The number of carbonyl (C=O) groups excluding carboxylic acids is 2. The molecule has 2 aromatic rings. The third-order valence-electron chi connectivity index (χ3n) is 3.76. The molecule has 2 aromatic carbocycles. The number of esters is 1. The van der Waals surface area contributed by atoms with E-state index < -0.39 is 11.9 Å². The fraction of sp³-hybridized carbons (Fsp3) is 0.263. The number of thioether (sulfide) groups is 1. The molecular weight excluding hydrogens is 308 g/mol. The zero-order valence-corrected chi connectivity index (χ0v) is 14.3. The Labute approximate surface area is 141 Å². The van der Waals surface area contributed by atoms with Crippen molar-refractivity contribution < 1.29 is 14.3 Å². The molecule has 0 saturated carbocycles. The van der Waals surface area contributed by atoms with Gasteiger partial charge >= 0.3 is 5.97 Å². The molecule has 23 heavy (non-hydrogen) atoms. The number of aryl methyl sites for hydroxylation is 1. The van der Waals surface area contributed by atoms with Crippen LogP contribution in [0.25, 0.3) is 0 Å². The molecule has 0 N–H and O–H groups in total. The zero-order chi connectivity index (χ0) is 16.8. The summed E-state index contributed by atoms with van der Waals surface area (Å²) in [4.78, 5) is 25.2. The number of rotatable bonds is 6. The number of ketones is 1. The summed E-state index contributed by atoms with van der Waals surface area (Å²) in [5.41, 5.74) is 2.54. The molecule has 0 aliphatic heterocycles. The highest BCUT2D eigenvalue weighted by Crippen LogP contribution is 2.36. The van der Waals surface area contributed by atoms with Gasteiger partial charge in [-0.3, -0.25) is 9.59 Å². The van der Waals surface area contributed by atoms with Crippen LogP contribution in [0.1, 0.15) is 26.7 Å². The number of hydrogen-bond acceptors (Lipinski definition) is 4. The Bertz CT molecular complexity index is 665. The summed E-state index contributed by atoms with van der Waals surface area (Å²) < 4.78 is 4.91. The third-order valence-corrected chi connectivity index (χ3v) is 4.81. The normalized spacial score (nSPS) is 13.2. The summed E-state index contributed by atoms with van der Waals surface area (Å²) in [5.74, 6) is -1.57. The second-order valence-electron chi connectivity index (χ2n) is 5.30. The van der Waals surface area contributed by atoms with Gasteiger partial charge in [-0.25, -0.2) is 0 Å². The number of ether oxygens (including phenoxy) is 1. The Morgan fingerprint density at radius 2 is 1.61 bits per heavy atom. The van der Waals surface area contributed by atoms with Crippen LogP contribution in [0, 0.1) is 12.8 Å². The van der Waals surface area contributed by atoms with Gasteiger partial charge in [0.1, 0.15) is 5.92 Å². The van der Waals surface area contributed by atoms with Gasteiger partial charge in [0.2, 0.25) is 0 Å².